The zero-order valence-corrected chi connectivity index (χ0v) is 9.80. The Morgan fingerprint density at radius 2 is 2.43 bits per heavy atom. The van der Waals surface area contributed by atoms with Gasteiger partial charge in [-0.15, -0.1) is 11.3 Å². The third-order valence-corrected chi connectivity index (χ3v) is 3.68. The molecule has 0 spiro atoms. The minimum atomic E-state index is -3.49. The monoisotopic (exact) mass is 251 g/mol. The van der Waals surface area contributed by atoms with Crippen molar-refractivity contribution in [3.05, 3.63) is 11.1 Å². The number of aryl methyl sites for hydroxylation is 1. The van der Waals surface area contributed by atoms with E-state index in [1.165, 1.54) is 11.3 Å². The molecule has 0 saturated heterocycles. The van der Waals surface area contributed by atoms with Gasteiger partial charge in [0.05, 0.1) is 4.99 Å². The summed E-state index contributed by atoms with van der Waals surface area (Å²) in [7, 11) is -3.49. The maximum Gasteiger partial charge on any atom is 0.241 e. The zero-order chi connectivity index (χ0) is 10.8. The topological polar surface area (TPSA) is 85.1 Å². The maximum atomic E-state index is 11.3. The molecule has 0 radical (unpaired) electrons. The van der Waals surface area contributed by atoms with Crippen LogP contribution in [0.1, 0.15) is 4.88 Å². The van der Waals surface area contributed by atoms with E-state index in [0.29, 0.717) is 5.13 Å². The van der Waals surface area contributed by atoms with Crippen LogP contribution >= 0.6 is 23.6 Å². The molecule has 1 aromatic rings. The standard InChI is InChI=1S/C6H9N3O2S3/c1-4-2-8-6(13-4)9-14(10,11)3-5(7)12/h2H,3H2,1H3,(H2,7,12)(H,8,9). The molecule has 8 heteroatoms. The molecule has 0 atom stereocenters. The lowest BCUT2D eigenvalue weighted by atomic mass is 10.7. The molecule has 5 nitrogen and oxygen atoms in total. The van der Waals surface area contributed by atoms with E-state index in [1.54, 1.807) is 6.20 Å². The van der Waals surface area contributed by atoms with Crippen LogP contribution in [0.25, 0.3) is 0 Å². The fourth-order valence-electron chi connectivity index (χ4n) is 0.758. The van der Waals surface area contributed by atoms with Crippen LogP contribution in [0.5, 0.6) is 0 Å². The van der Waals surface area contributed by atoms with Crippen LogP contribution in [0.15, 0.2) is 6.20 Å². The Kier molecular flexibility index (Phi) is 3.40. The molecular formula is C6H9N3O2S3. The maximum absolute atomic E-state index is 11.3. The number of thiocarbonyl (C=S) groups is 1. The normalized spacial score (nSPS) is 11.2. The number of sulfonamides is 1. The van der Waals surface area contributed by atoms with Crippen LogP contribution in [0.4, 0.5) is 5.13 Å². The van der Waals surface area contributed by atoms with Crippen molar-refractivity contribution in [2.45, 2.75) is 6.92 Å². The molecule has 0 aliphatic carbocycles. The molecule has 0 aromatic carbocycles. The summed E-state index contributed by atoms with van der Waals surface area (Å²) in [5, 5.41) is 0.332. The molecule has 0 bridgehead atoms. The van der Waals surface area contributed by atoms with E-state index in [2.05, 4.69) is 21.9 Å². The first-order valence-electron chi connectivity index (χ1n) is 3.60. The fourth-order valence-corrected chi connectivity index (χ4v) is 3.05. The van der Waals surface area contributed by atoms with Crippen LogP contribution in [-0.4, -0.2) is 24.1 Å². The molecule has 0 aliphatic rings. The smallest absolute Gasteiger partial charge is 0.241 e. The van der Waals surface area contributed by atoms with Crippen LogP contribution in [0.3, 0.4) is 0 Å². The largest absolute Gasteiger partial charge is 0.392 e. The van der Waals surface area contributed by atoms with E-state index in [-0.39, 0.29) is 10.7 Å². The van der Waals surface area contributed by atoms with Crippen molar-refractivity contribution < 1.29 is 8.42 Å². The van der Waals surface area contributed by atoms with Gasteiger partial charge in [-0.2, -0.15) is 0 Å². The Bertz CT molecular complexity index is 437. The minimum absolute atomic E-state index is 0.0641. The summed E-state index contributed by atoms with van der Waals surface area (Å²) < 4.78 is 24.9. The molecule has 1 heterocycles. The molecule has 0 unspecified atom stereocenters. The van der Waals surface area contributed by atoms with Crippen LogP contribution < -0.4 is 10.5 Å². The number of nitrogens with zero attached hydrogens (tertiary/aromatic N) is 1. The first kappa shape index (κ1) is 11.3. The summed E-state index contributed by atoms with van der Waals surface area (Å²) in [6.45, 7) is 1.84. The predicted octanol–water partition coefficient (Wildman–Crippen LogP) is 0.479. The summed E-state index contributed by atoms with van der Waals surface area (Å²) in [5.74, 6) is -0.360. The summed E-state index contributed by atoms with van der Waals surface area (Å²) in [5.41, 5.74) is 5.13. The number of anilines is 1. The van der Waals surface area contributed by atoms with Crippen LogP contribution in [-0.2, 0) is 10.0 Å². The van der Waals surface area contributed by atoms with E-state index in [9.17, 15) is 8.42 Å². The van der Waals surface area contributed by atoms with Gasteiger partial charge in [0, 0.05) is 11.1 Å². The van der Waals surface area contributed by atoms with Gasteiger partial charge in [0.2, 0.25) is 10.0 Å². The number of rotatable bonds is 4. The third-order valence-electron chi connectivity index (χ3n) is 1.20. The summed E-state index contributed by atoms with van der Waals surface area (Å²) in [4.78, 5) is 4.72. The Hall–Kier alpha value is -0.730. The van der Waals surface area contributed by atoms with Gasteiger partial charge < -0.3 is 5.73 Å². The lowest BCUT2D eigenvalue weighted by Gasteiger charge is -2.02. The number of hydrogen-bond acceptors (Lipinski definition) is 5. The first-order valence-corrected chi connectivity index (χ1v) is 6.48. The highest BCUT2D eigenvalue weighted by Crippen LogP contribution is 2.17. The molecule has 78 valence electrons. The number of thiazole rings is 1. The molecule has 1 aromatic heterocycles. The average molecular weight is 251 g/mol. The second-order valence-electron chi connectivity index (χ2n) is 2.60. The quantitative estimate of drug-likeness (QED) is 0.760. The molecule has 1 rings (SSSR count). The lowest BCUT2D eigenvalue weighted by Crippen LogP contribution is -2.26. The fraction of sp³-hybridized carbons (Fsp3) is 0.333. The Morgan fingerprint density at radius 1 is 1.79 bits per heavy atom. The van der Waals surface area contributed by atoms with Crippen molar-refractivity contribution >= 4 is 43.7 Å². The molecule has 0 saturated carbocycles. The Balaban J connectivity index is 2.73. The van der Waals surface area contributed by atoms with Crippen molar-refractivity contribution in [3.63, 3.8) is 0 Å². The van der Waals surface area contributed by atoms with Crippen molar-refractivity contribution in [2.75, 3.05) is 10.5 Å². The molecule has 0 aliphatic heterocycles. The minimum Gasteiger partial charge on any atom is -0.392 e. The van der Waals surface area contributed by atoms with E-state index in [4.69, 9.17) is 5.73 Å². The van der Waals surface area contributed by atoms with Gasteiger partial charge in [-0.05, 0) is 6.92 Å². The van der Waals surface area contributed by atoms with Crippen molar-refractivity contribution in [3.8, 4) is 0 Å². The van der Waals surface area contributed by atoms with Gasteiger partial charge in [-0.25, -0.2) is 13.4 Å². The average Bonchev–Trinajstić information content (AvgIpc) is 2.30. The van der Waals surface area contributed by atoms with Gasteiger partial charge in [0.25, 0.3) is 0 Å². The van der Waals surface area contributed by atoms with Crippen LogP contribution in [0, 0.1) is 6.92 Å². The summed E-state index contributed by atoms with van der Waals surface area (Å²) in [6.07, 6.45) is 1.59. The van der Waals surface area contributed by atoms with Crippen molar-refractivity contribution in [1.82, 2.24) is 4.98 Å². The highest BCUT2D eigenvalue weighted by molar-refractivity contribution is 7.95. The van der Waals surface area contributed by atoms with Gasteiger partial charge >= 0.3 is 0 Å². The molecule has 0 fully saturated rings. The van der Waals surface area contributed by atoms with E-state index in [1.807, 2.05) is 6.92 Å². The Labute approximate surface area is 91.4 Å². The Morgan fingerprint density at radius 3 is 2.86 bits per heavy atom. The number of hydrogen-bond donors (Lipinski definition) is 2. The SMILES string of the molecule is Cc1cnc(NS(=O)(=O)CC(N)=S)s1. The van der Waals surface area contributed by atoms with E-state index in [0.717, 1.165) is 4.88 Å². The van der Waals surface area contributed by atoms with Gasteiger partial charge in [-0.3, -0.25) is 4.72 Å². The second kappa shape index (κ2) is 4.20. The van der Waals surface area contributed by atoms with Gasteiger partial charge in [0.15, 0.2) is 5.13 Å². The lowest BCUT2D eigenvalue weighted by molar-refractivity contribution is 0.605. The van der Waals surface area contributed by atoms with Crippen molar-refractivity contribution in [1.29, 1.82) is 0 Å². The highest BCUT2D eigenvalue weighted by atomic mass is 32.2. The second-order valence-corrected chi connectivity index (χ2v) is 6.08. The van der Waals surface area contributed by atoms with E-state index >= 15 is 0 Å². The first-order chi connectivity index (χ1) is 6.39. The van der Waals surface area contributed by atoms with E-state index < -0.39 is 10.0 Å². The zero-order valence-electron chi connectivity index (χ0n) is 7.35. The molecule has 3 N–H and O–H groups in total. The number of nitrogens with two attached hydrogens (primary N) is 1. The van der Waals surface area contributed by atoms with Crippen LogP contribution in [0.2, 0.25) is 0 Å². The third kappa shape index (κ3) is 3.56. The predicted molar refractivity (Wildman–Crippen MR) is 61.0 cm³/mol. The van der Waals surface area contributed by atoms with Gasteiger partial charge in [0.1, 0.15) is 5.75 Å². The summed E-state index contributed by atoms with van der Waals surface area (Å²) in [6, 6.07) is 0. The molecular weight excluding hydrogens is 242 g/mol. The summed E-state index contributed by atoms with van der Waals surface area (Å²) >= 11 is 5.76. The number of aromatic nitrogens is 1. The van der Waals surface area contributed by atoms with Crippen molar-refractivity contribution in [2.24, 2.45) is 5.73 Å². The molecule has 14 heavy (non-hydrogen) atoms. The van der Waals surface area contributed by atoms with Gasteiger partial charge in [-0.1, -0.05) is 12.2 Å². The highest BCUT2D eigenvalue weighted by Gasteiger charge is 2.13. The number of nitrogens with one attached hydrogen (secondary N) is 1. The molecule has 0 amide bonds.